The van der Waals surface area contributed by atoms with Gasteiger partial charge in [0.05, 0.1) is 12.1 Å². The summed E-state index contributed by atoms with van der Waals surface area (Å²) in [4.78, 5) is 10.9. The quantitative estimate of drug-likeness (QED) is 0.887. The first-order valence-corrected chi connectivity index (χ1v) is 6.62. The van der Waals surface area contributed by atoms with E-state index in [4.69, 9.17) is 5.11 Å². The van der Waals surface area contributed by atoms with Crippen LogP contribution in [0, 0.1) is 0 Å². The van der Waals surface area contributed by atoms with Crippen LogP contribution in [-0.4, -0.2) is 26.9 Å². The van der Waals surface area contributed by atoms with Gasteiger partial charge in [0.15, 0.2) is 0 Å². The smallest absolute Gasteiger partial charge is 0.336 e. The Hall–Kier alpha value is -1.82. The van der Waals surface area contributed by atoms with E-state index >= 15 is 0 Å². The third kappa shape index (κ3) is 3.57. The number of aromatic nitrogens is 2. The van der Waals surface area contributed by atoms with Crippen LogP contribution in [0.1, 0.15) is 17.3 Å². The second kappa shape index (κ2) is 5.88. The monoisotopic (exact) mass is 323 g/mol. The number of rotatable bonds is 5. The van der Waals surface area contributed by atoms with E-state index in [2.05, 4.69) is 26.3 Å². The lowest BCUT2D eigenvalue weighted by Gasteiger charge is -2.16. The van der Waals surface area contributed by atoms with Gasteiger partial charge in [0, 0.05) is 28.6 Å². The summed E-state index contributed by atoms with van der Waals surface area (Å²) in [6, 6.07) is 7.17. The summed E-state index contributed by atoms with van der Waals surface area (Å²) in [7, 11) is 0. The van der Waals surface area contributed by atoms with Crippen LogP contribution >= 0.6 is 15.9 Å². The third-order valence-corrected chi connectivity index (χ3v) is 3.29. The van der Waals surface area contributed by atoms with Gasteiger partial charge < -0.3 is 10.4 Å². The topological polar surface area (TPSA) is 67.2 Å². The lowest BCUT2D eigenvalue weighted by Crippen LogP contribution is -2.22. The molecule has 0 bridgehead atoms. The highest BCUT2D eigenvalue weighted by molar-refractivity contribution is 9.10. The molecule has 0 saturated heterocycles. The SMILES string of the molecule is CC(Cn1cccn1)Nc1ccc(C(=O)O)c(Br)c1. The summed E-state index contributed by atoms with van der Waals surface area (Å²) in [6.07, 6.45) is 3.65. The van der Waals surface area contributed by atoms with Gasteiger partial charge in [0.2, 0.25) is 0 Å². The first-order chi connectivity index (χ1) is 9.06. The predicted octanol–water partition coefficient (Wildman–Crippen LogP) is 2.84. The van der Waals surface area contributed by atoms with Crippen molar-refractivity contribution in [2.24, 2.45) is 0 Å². The van der Waals surface area contributed by atoms with Crippen LogP contribution in [0.5, 0.6) is 0 Å². The van der Waals surface area contributed by atoms with Gasteiger partial charge in [0.1, 0.15) is 0 Å². The molecule has 0 aliphatic heterocycles. The number of hydrogen-bond donors (Lipinski definition) is 2. The summed E-state index contributed by atoms with van der Waals surface area (Å²) in [5.41, 5.74) is 1.13. The van der Waals surface area contributed by atoms with Crippen LogP contribution in [0.25, 0.3) is 0 Å². The zero-order valence-corrected chi connectivity index (χ0v) is 12.0. The van der Waals surface area contributed by atoms with Gasteiger partial charge in [-0.3, -0.25) is 4.68 Å². The maximum Gasteiger partial charge on any atom is 0.336 e. The van der Waals surface area contributed by atoms with E-state index in [1.54, 1.807) is 24.4 Å². The zero-order chi connectivity index (χ0) is 13.8. The molecule has 2 aromatic rings. The number of benzene rings is 1. The van der Waals surface area contributed by atoms with E-state index in [-0.39, 0.29) is 11.6 Å². The average Bonchev–Trinajstić information content (AvgIpc) is 2.81. The molecule has 1 atom stereocenters. The standard InChI is InChI=1S/C13H14BrN3O2/c1-9(8-17-6-2-5-15-17)16-10-3-4-11(13(18)19)12(14)7-10/h2-7,9,16H,8H2,1H3,(H,18,19). The largest absolute Gasteiger partial charge is 0.478 e. The molecule has 19 heavy (non-hydrogen) atoms. The molecule has 1 unspecified atom stereocenters. The molecule has 5 nitrogen and oxygen atoms in total. The maximum atomic E-state index is 10.9. The van der Waals surface area contributed by atoms with Gasteiger partial charge >= 0.3 is 5.97 Å². The lowest BCUT2D eigenvalue weighted by atomic mass is 10.2. The van der Waals surface area contributed by atoms with Gasteiger partial charge in [-0.05, 0) is 47.1 Å². The Labute approximate surface area is 119 Å². The van der Waals surface area contributed by atoms with Crippen molar-refractivity contribution in [2.45, 2.75) is 19.5 Å². The van der Waals surface area contributed by atoms with Gasteiger partial charge in [-0.1, -0.05) is 0 Å². The Bertz CT molecular complexity index is 569. The number of hydrogen-bond acceptors (Lipinski definition) is 3. The molecular weight excluding hydrogens is 310 g/mol. The Morgan fingerprint density at radius 1 is 1.58 bits per heavy atom. The fraction of sp³-hybridized carbons (Fsp3) is 0.231. The average molecular weight is 324 g/mol. The molecule has 1 aromatic heterocycles. The molecule has 0 spiro atoms. The Morgan fingerprint density at radius 2 is 2.37 bits per heavy atom. The first kappa shape index (κ1) is 13.6. The molecule has 0 fully saturated rings. The molecule has 0 aliphatic rings. The number of aromatic carboxylic acids is 1. The van der Waals surface area contributed by atoms with Gasteiger partial charge in [-0.2, -0.15) is 5.10 Å². The zero-order valence-electron chi connectivity index (χ0n) is 10.4. The van der Waals surface area contributed by atoms with Crippen molar-refractivity contribution in [3.63, 3.8) is 0 Å². The van der Waals surface area contributed by atoms with Crippen LogP contribution in [0.4, 0.5) is 5.69 Å². The number of halogens is 1. The number of nitrogens with zero attached hydrogens (tertiary/aromatic N) is 2. The van der Waals surface area contributed by atoms with Crippen molar-refractivity contribution in [3.05, 3.63) is 46.7 Å². The molecule has 6 heteroatoms. The van der Waals surface area contributed by atoms with E-state index in [9.17, 15) is 4.79 Å². The summed E-state index contributed by atoms with van der Waals surface area (Å²) >= 11 is 3.26. The van der Waals surface area contributed by atoms with Crippen molar-refractivity contribution >= 4 is 27.6 Å². The van der Waals surface area contributed by atoms with E-state index in [0.29, 0.717) is 4.47 Å². The van der Waals surface area contributed by atoms with Crippen molar-refractivity contribution in [2.75, 3.05) is 5.32 Å². The fourth-order valence-electron chi connectivity index (χ4n) is 1.80. The molecule has 1 aromatic carbocycles. The Morgan fingerprint density at radius 3 is 2.95 bits per heavy atom. The van der Waals surface area contributed by atoms with Crippen LogP contribution in [0.15, 0.2) is 41.1 Å². The number of carbonyl (C=O) groups is 1. The number of carboxylic acids is 1. The molecule has 2 rings (SSSR count). The van der Waals surface area contributed by atoms with Gasteiger partial charge in [-0.25, -0.2) is 4.79 Å². The second-order valence-corrected chi connectivity index (χ2v) is 5.13. The molecule has 0 radical (unpaired) electrons. The van der Waals surface area contributed by atoms with E-state index in [0.717, 1.165) is 12.2 Å². The molecule has 0 aliphatic carbocycles. The molecule has 100 valence electrons. The highest BCUT2D eigenvalue weighted by atomic mass is 79.9. The summed E-state index contributed by atoms with van der Waals surface area (Å²) in [5, 5.41) is 16.4. The lowest BCUT2D eigenvalue weighted by molar-refractivity contribution is 0.0696. The molecule has 0 amide bonds. The van der Waals surface area contributed by atoms with Crippen LogP contribution in [0.2, 0.25) is 0 Å². The minimum absolute atomic E-state index is 0.183. The van der Waals surface area contributed by atoms with Gasteiger partial charge in [-0.15, -0.1) is 0 Å². The number of nitrogens with one attached hydrogen (secondary N) is 1. The van der Waals surface area contributed by atoms with Crippen LogP contribution in [-0.2, 0) is 6.54 Å². The summed E-state index contributed by atoms with van der Waals surface area (Å²) in [6.45, 7) is 2.78. The first-order valence-electron chi connectivity index (χ1n) is 5.83. The fourth-order valence-corrected chi connectivity index (χ4v) is 2.35. The van der Waals surface area contributed by atoms with E-state index in [1.165, 1.54) is 0 Å². The molecule has 2 N–H and O–H groups in total. The number of anilines is 1. The second-order valence-electron chi connectivity index (χ2n) is 4.27. The molecule has 1 heterocycles. The summed E-state index contributed by atoms with van der Waals surface area (Å²) in [5.74, 6) is -0.942. The predicted molar refractivity (Wildman–Crippen MR) is 76.4 cm³/mol. The molecule has 0 saturated carbocycles. The van der Waals surface area contributed by atoms with Crippen LogP contribution < -0.4 is 5.32 Å². The van der Waals surface area contributed by atoms with Crippen molar-refractivity contribution in [1.29, 1.82) is 0 Å². The summed E-state index contributed by atoms with van der Waals surface area (Å²) < 4.78 is 2.41. The minimum atomic E-state index is -0.942. The minimum Gasteiger partial charge on any atom is -0.478 e. The Kier molecular flexibility index (Phi) is 4.21. The Balaban J connectivity index is 2.03. The highest BCUT2D eigenvalue weighted by Gasteiger charge is 2.09. The maximum absolute atomic E-state index is 10.9. The normalized spacial score (nSPS) is 12.1. The van der Waals surface area contributed by atoms with Crippen molar-refractivity contribution in [3.8, 4) is 0 Å². The molecular formula is C13H14BrN3O2. The van der Waals surface area contributed by atoms with Crippen molar-refractivity contribution < 1.29 is 9.90 Å². The highest BCUT2D eigenvalue weighted by Crippen LogP contribution is 2.22. The van der Waals surface area contributed by atoms with E-state index in [1.807, 2.05) is 23.9 Å². The van der Waals surface area contributed by atoms with Gasteiger partial charge in [0.25, 0.3) is 0 Å². The van der Waals surface area contributed by atoms with E-state index < -0.39 is 5.97 Å². The van der Waals surface area contributed by atoms with Crippen LogP contribution in [0.3, 0.4) is 0 Å². The number of carboxylic acid groups (broad SMARTS) is 1. The van der Waals surface area contributed by atoms with Crippen molar-refractivity contribution in [1.82, 2.24) is 9.78 Å². The third-order valence-electron chi connectivity index (χ3n) is 2.63.